The summed E-state index contributed by atoms with van der Waals surface area (Å²) in [6.07, 6.45) is -0.208. The average molecular weight is 380 g/mol. The van der Waals surface area contributed by atoms with Crippen molar-refractivity contribution >= 4 is 23.3 Å². The summed E-state index contributed by atoms with van der Waals surface area (Å²) in [5.41, 5.74) is 1.52. The van der Waals surface area contributed by atoms with Crippen LogP contribution in [-0.4, -0.2) is 26.8 Å². The van der Waals surface area contributed by atoms with Crippen molar-refractivity contribution in [1.82, 2.24) is 14.8 Å². The zero-order valence-corrected chi connectivity index (χ0v) is 15.9. The lowest BCUT2D eigenvalue weighted by molar-refractivity contribution is -0.152. The Bertz CT molecular complexity index is 963. The maximum Gasteiger partial charge on any atom is 0.317 e. The molecule has 0 saturated heterocycles. The van der Waals surface area contributed by atoms with Crippen LogP contribution < -0.4 is 5.32 Å². The number of thiophene rings is 1. The Morgan fingerprint density at radius 2 is 2.04 bits per heavy atom. The summed E-state index contributed by atoms with van der Waals surface area (Å²) in [4.78, 5) is 18.4. The molecule has 1 aliphatic rings. The summed E-state index contributed by atoms with van der Waals surface area (Å²) in [7, 11) is 0. The van der Waals surface area contributed by atoms with Crippen LogP contribution >= 0.6 is 11.3 Å². The molecule has 1 aliphatic heterocycles. The standard InChI is InChI=1S/C20H20N4O2S/c1-12(2)26-19(25)16-13(3)21-20-22-18(15-10-7-11-27-15)23-24(20)17(16)14-8-5-4-6-9-14/h4-12,16-17H,3H2,1-2H3,(H,21,22,23)/t16-,17+/m0/s1. The molecule has 138 valence electrons. The highest BCUT2D eigenvalue weighted by Crippen LogP contribution is 2.39. The van der Waals surface area contributed by atoms with Gasteiger partial charge in [0.1, 0.15) is 5.92 Å². The second-order valence-electron chi connectivity index (χ2n) is 6.65. The van der Waals surface area contributed by atoms with Crippen LogP contribution in [0.3, 0.4) is 0 Å². The maximum atomic E-state index is 12.9. The van der Waals surface area contributed by atoms with Gasteiger partial charge in [-0.3, -0.25) is 4.79 Å². The van der Waals surface area contributed by atoms with Crippen molar-refractivity contribution in [1.29, 1.82) is 0 Å². The number of nitrogens with zero attached hydrogens (tertiary/aromatic N) is 3. The lowest BCUT2D eigenvalue weighted by Crippen LogP contribution is -2.38. The third-order valence-corrected chi connectivity index (χ3v) is 5.21. The number of hydrogen-bond acceptors (Lipinski definition) is 6. The Morgan fingerprint density at radius 3 is 2.70 bits per heavy atom. The Kier molecular flexibility index (Phi) is 4.53. The molecule has 0 spiro atoms. The molecule has 3 aromatic rings. The van der Waals surface area contributed by atoms with E-state index in [9.17, 15) is 4.79 Å². The van der Waals surface area contributed by atoms with Crippen molar-refractivity contribution in [2.24, 2.45) is 5.92 Å². The van der Waals surface area contributed by atoms with Gasteiger partial charge in [0.2, 0.25) is 5.95 Å². The molecule has 0 amide bonds. The lowest BCUT2D eigenvalue weighted by Gasteiger charge is -2.33. The third-order valence-electron chi connectivity index (χ3n) is 4.35. The monoisotopic (exact) mass is 380 g/mol. The number of carbonyl (C=O) groups is 1. The third kappa shape index (κ3) is 3.26. The molecular formula is C20H20N4O2S. The lowest BCUT2D eigenvalue weighted by atomic mass is 9.89. The second-order valence-corrected chi connectivity index (χ2v) is 7.60. The predicted octanol–water partition coefficient (Wildman–Crippen LogP) is 4.10. The summed E-state index contributed by atoms with van der Waals surface area (Å²) < 4.78 is 7.28. The van der Waals surface area contributed by atoms with E-state index < -0.39 is 5.92 Å². The van der Waals surface area contributed by atoms with Crippen LogP contribution in [0.5, 0.6) is 0 Å². The van der Waals surface area contributed by atoms with Crippen LogP contribution in [0, 0.1) is 5.92 Å². The van der Waals surface area contributed by atoms with Gasteiger partial charge in [-0.05, 0) is 30.9 Å². The number of rotatable bonds is 4. The van der Waals surface area contributed by atoms with E-state index in [0.29, 0.717) is 17.5 Å². The summed E-state index contributed by atoms with van der Waals surface area (Å²) in [6.45, 7) is 7.76. The van der Waals surface area contributed by atoms with E-state index >= 15 is 0 Å². The van der Waals surface area contributed by atoms with Gasteiger partial charge in [0.25, 0.3) is 0 Å². The van der Waals surface area contributed by atoms with Crippen molar-refractivity contribution in [2.45, 2.75) is 26.0 Å². The van der Waals surface area contributed by atoms with Gasteiger partial charge in [0, 0.05) is 5.70 Å². The van der Waals surface area contributed by atoms with Gasteiger partial charge in [0.15, 0.2) is 5.82 Å². The van der Waals surface area contributed by atoms with Gasteiger partial charge >= 0.3 is 5.97 Å². The normalized spacial score (nSPS) is 18.9. The number of ether oxygens (including phenoxy) is 1. The van der Waals surface area contributed by atoms with Crippen LogP contribution in [0.25, 0.3) is 10.7 Å². The first-order chi connectivity index (χ1) is 13.0. The van der Waals surface area contributed by atoms with Gasteiger partial charge in [-0.15, -0.1) is 16.4 Å². The van der Waals surface area contributed by atoms with E-state index in [-0.39, 0.29) is 18.1 Å². The fourth-order valence-corrected chi connectivity index (χ4v) is 3.88. The number of fused-ring (bicyclic) bond motifs is 1. The number of nitrogens with one attached hydrogen (secondary N) is 1. The maximum absolute atomic E-state index is 12.9. The number of esters is 1. The first-order valence-corrected chi connectivity index (χ1v) is 9.64. The number of aromatic nitrogens is 3. The van der Waals surface area contributed by atoms with Gasteiger partial charge in [-0.2, -0.15) is 4.98 Å². The van der Waals surface area contributed by atoms with Crippen molar-refractivity contribution in [3.8, 4) is 10.7 Å². The average Bonchev–Trinajstić information content (AvgIpc) is 3.29. The highest BCUT2D eigenvalue weighted by Gasteiger charge is 2.41. The number of hydrogen-bond donors (Lipinski definition) is 1. The Morgan fingerprint density at radius 1 is 1.26 bits per heavy atom. The molecule has 1 N–H and O–H groups in total. The minimum Gasteiger partial charge on any atom is -0.462 e. The molecule has 27 heavy (non-hydrogen) atoms. The molecule has 0 unspecified atom stereocenters. The van der Waals surface area contributed by atoms with Gasteiger partial charge < -0.3 is 10.1 Å². The van der Waals surface area contributed by atoms with Crippen LogP contribution in [0.2, 0.25) is 0 Å². The Hall–Kier alpha value is -2.93. The molecule has 0 fully saturated rings. The van der Waals surface area contributed by atoms with Crippen molar-refractivity contribution in [3.05, 3.63) is 65.7 Å². The first-order valence-electron chi connectivity index (χ1n) is 8.76. The van der Waals surface area contributed by atoms with Crippen LogP contribution in [0.4, 0.5) is 5.95 Å². The van der Waals surface area contributed by atoms with Gasteiger partial charge in [-0.25, -0.2) is 4.68 Å². The Labute approximate surface area is 161 Å². The Balaban J connectivity index is 1.83. The SMILES string of the molecule is C=C1Nc2nc(-c3cccs3)nn2[C@H](c2ccccc2)[C@H]1C(=O)OC(C)C. The molecule has 2 aromatic heterocycles. The first kappa shape index (κ1) is 17.5. The quantitative estimate of drug-likeness (QED) is 0.690. The molecule has 3 heterocycles. The smallest absolute Gasteiger partial charge is 0.317 e. The van der Waals surface area contributed by atoms with Crippen molar-refractivity contribution < 1.29 is 9.53 Å². The van der Waals surface area contributed by atoms with E-state index in [1.54, 1.807) is 16.0 Å². The molecule has 0 aliphatic carbocycles. The summed E-state index contributed by atoms with van der Waals surface area (Å²) >= 11 is 1.57. The topological polar surface area (TPSA) is 69.0 Å². The van der Waals surface area contributed by atoms with Gasteiger partial charge in [-0.1, -0.05) is 43.0 Å². The minimum absolute atomic E-state index is 0.208. The zero-order valence-electron chi connectivity index (χ0n) is 15.1. The van der Waals surface area contributed by atoms with Crippen LogP contribution in [0.15, 0.2) is 60.1 Å². The molecule has 0 radical (unpaired) electrons. The molecule has 4 rings (SSSR count). The molecule has 6 nitrogen and oxygen atoms in total. The fraction of sp³-hybridized carbons (Fsp3) is 0.250. The highest BCUT2D eigenvalue weighted by molar-refractivity contribution is 7.13. The zero-order chi connectivity index (χ0) is 19.0. The molecule has 2 atom stereocenters. The molecule has 0 saturated carbocycles. The largest absolute Gasteiger partial charge is 0.462 e. The fourth-order valence-electron chi connectivity index (χ4n) is 3.23. The van der Waals surface area contributed by atoms with E-state index in [2.05, 4.69) is 16.9 Å². The van der Waals surface area contributed by atoms with Crippen LogP contribution in [0.1, 0.15) is 25.5 Å². The predicted molar refractivity (Wildman–Crippen MR) is 105 cm³/mol. The molecule has 1 aromatic carbocycles. The number of carbonyl (C=O) groups excluding carboxylic acids is 1. The van der Waals surface area contributed by atoms with E-state index in [0.717, 1.165) is 10.4 Å². The summed E-state index contributed by atoms with van der Waals surface area (Å²) in [5, 5.41) is 9.83. The summed E-state index contributed by atoms with van der Waals surface area (Å²) in [6, 6.07) is 13.4. The van der Waals surface area contributed by atoms with Gasteiger partial charge in [0.05, 0.1) is 17.0 Å². The molecular weight excluding hydrogens is 360 g/mol. The number of anilines is 1. The molecule has 0 bridgehead atoms. The number of benzene rings is 1. The van der Waals surface area contributed by atoms with Crippen LogP contribution in [-0.2, 0) is 9.53 Å². The van der Waals surface area contributed by atoms with Crippen molar-refractivity contribution in [2.75, 3.05) is 5.32 Å². The van der Waals surface area contributed by atoms with Crippen molar-refractivity contribution in [3.63, 3.8) is 0 Å². The van der Waals surface area contributed by atoms with E-state index in [4.69, 9.17) is 9.84 Å². The van der Waals surface area contributed by atoms with E-state index in [1.165, 1.54) is 0 Å². The second kappa shape index (κ2) is 7.00. The minimum atomic E-state index is -0.597. The highest BCUT2D eigenvalue weighted by atomic mass is 32.1. The van der Waals surface area contributed by atoms with E-state index in [1.807, 2.05) is 61.7 Å². The summed E-state index contributed by atoms with van der Waals surface area (Å²) in [5.74, 6) is 0.278. The molecule has 7 heteroatoms.